The maximum absolute atomic E-state index is 4.36. The Kier molecular flexibility index (Phi) is 4.53. The van der Waals surface area contributed by atoms with E-state index in [0.29, 0.717) is 0 Å². The summed E-state index contributed by atoms with van der Waals surface area (Å²) in [6.07, 6.45) is 7.37. The average molecular weight is 243 g/mol. The van der Waals surface area contributed by atoms with Crippen LogP contribution >= 0.6 is 0 Å². The highest BCUT2D eigenvalue weighted by Gasteiger charge is 2.05. The fourth-order valence-electron chi connectivity index (χ4n) is 2.00. The summed E-state index contributed by atoms with van der Waals surface area (Å²) >= 11 is 0. The number of pyridine rings is 1. The third-order valence-corrected chi connectivity index (χ3v) is 3.04. The van der Waals surface area contributed by atoms with Crippen LogP contribution in [0.25, 0.3) is 0 Å². The molecule has 0 amide bonds. The lowest BCUT2D eigenvalue weighted by Gasteiger charge is -2.12. The number of hydrogen-bond donors (Lipinski definition) is 1. The van der Waals surface area contributed by atoms with E-state index >= 15 is 0 Å². The van der Waals surface area contributed by atoms with Crippen molar-refractivity contribution in [1.29, 1.82) is 0 Å². The van der Waals surface area contributed by atoms with Gasteiger partial charge in [0.05, 0.1) is 5.69 Å². The SMILES string of the molecule is CCCn1ccc(CN[C@@H](C)c2ccccn2)c1. The molecule has 0 spiro atoms. The third-order valence-electron chi connectivity index (χ3n) is 3.04. The molecule has 0 radical (unpaired) electrons. The molecular weight excluding hydrogens is 222 g/mol. The number of hydrogen-bond acceptors (Lipinski definition) is 2. The number of rotatable bonds is 6. The molecule has 96 valence electrons. The topological polar surface area (TPSA) is 29.9 Å². The van der Waals surface area contributed by atoms with Crippen LogP contribution in [-0.2, 0) is 13.1 Å². The molecule has 2 rings (SSSR count). The molecule has 2 aromatic rings. The Bertz CT molecular complexity index is 462. The highest BCUT2D eigenvalue weighted by molar-refractivity contribution is 5.12. The van der Waals surface area contributed by atoms with E-state index in [4.69, 9.17) is 0 Å². The number of nitrogens with zero attached hydrogens (tertiary/aromatic N) is 2. The second kappa shape index (κ2) is 6.36. The summed E-state index contributed by atoms with van der Waals surface area (Å²) in [4.78, 5) is 4.36. The van der Waals surface area contributed by atoms with Crippen molar-refractivity contribution in [2.75, 3.05) is 0 Å². The second-order valence-corrected chi connectivity index (χ2v) is 4.61. The summed E-state index contributed by atoms with van der Waals surface area (Å²) in [5.41, 5.74) is 2.41. The van der Waals surface area contributed by atoms with Gasteiger partial charge in [-0.15, -0.1) is 0 Å². The van der Waals surface area contributed by atoms with Crippen LogP contribution in [0.1, 0.15) is 37.6 Å². The van der Waals surface area contributed by atoms with Gasteiger partial charge in [-0.1, -0.05) is 13.0 Å². The molecule has 0 aliphatic carbocycles. The molecule has 2 aromatic heterocycles. The predicted molar refractivity (Wildman–Crippen MR) is 74.2 cm³/mol. The van der Waals surface area contributed by atoms with Gasteiger partial charge >= 0.3 is 0 Å². The van der Waals surface area contributed by atoms with Crippen molar-refractivity contribution in [3.63, 3.8) is 0 Å². The first kappa shape index (κ1) is 12.8. The van der Waals surface area contributed by atoms with Crippen molar-refractivity contribution >= 4 is 0 Å². The Labute approximate surface area is 109 Å². The zero-order valence-corrected chi connectivity index (χ0v) is 11.1. The molecule has 3 nitrogen and oxygen atoms in total. The molecule has 3 heteroatoms. The third kappa shape index (κ3) is 3.44. The summed E-state index contributed by atoms with van der Waals surface area (Å²) in [5.74, 6) is 0. The van der Waals surface area contributed by atoms with Gasteiger partial charge in [0.15, 0.2) is 0 Å². The van der Waals surface area contributed by atoms with Gasteiger partial charge in [-0.25, -0.2) is 0 Å². The Balaban J connectivity index is 1.87. The quantitative estimate of drug-likeness (QED) is 0.844. The first-order valence-corrected chi connectivity index (χ1v) is 6.58. The fourth-order valence-corrected chi connectivity index (χ4v) is 2.00. The fraction of sp³-hybridized carbons (Fsp3) is 0.400. The maximum atomic E-state index is 4.36. The van der Waals surface area contributed by atoms with Gasteiger partial charge in [-0.05, 0) is 37.1 Å². The van der Waals surface area contributed by atoms with Crippen LogP contribution in [0.2, 0.25) is 0 Å². The summed E-state index contributed by atoms with van der Waals surface area (Å²) in [6, 6.07) is 8.48. The first-order valence-electron chi connectivity index (χ1n) is 6.58. The highest BCUT2D eigenvalue weighted by atomic mass is 15.0. The number of nitrogens with one attached hydrogen (secondary N) is 1. The van der Waals surface area contributed by atoms with Crippen molar-refractivity contribution in [1.82, 2.24) is 14.9 Å². The lowest BCUT2D eigenvalue weighted by Crippen LogP contribution is -2.18. The molecule has 0 saturated carbocycles. The van der Waals surface area contributed by atoms with Gasteiger partial charge in [0.2, 0.25) is 0 Å². The molecule has 0 aliphatic heterocycles. The van der Waals surface area contributed by atoms with Gasteiger partial charge in [0.1, 0.15) is 0 Å². The normalized spacial score (nSPS) is 12.6. The molecular formula is C15H21N3. The maximum Gasteiger partial charge on any atom is 0.0570 e. The van der Waals surface area contributed by atoms with Crippen LogP contribution in [0, 0.1) is 0 Å². The van der Waals surface area contributed by atoms with Gasteiger partial charge in [-0.2, -0.15) is 0 Å². The van der Waals surface area contributed by atoms with Crippen molar-refractivity contribution in [3.8, 4) is 0 Å². The van der Waals surface area contributed by atoms with E-state index in [1.54, 1.807) is 0 Å². The van der Waals surface area contributed by atoms with Crippen molar-refractivity contribution in [2.24, 2.45) is 0 Å². The molecule has 1 N–H and O–H groups in total. The largest absolute Gasteiger partial charge is 0.354 e. The zero-order chi connectivity index (χ0) is 12.8. The Morgan fingerprint density at radius 1 is 1.33 bits per heavy atom. The van der Waals surface area contributed by atoms with Crippen molar-refractivity contribution in [3.05, 3.63) is 54.1 Å². The first-order chi connectivity index (χ1) is 8.79. The monoisotopic (exact) mass is 243 g/mol. The molecule has 0 saturated heterocycles. The summed E-state index contributed by atoms with van der Waals surface area (Å²) in [7, 11) is 0. The van der Waals surface area contributed by atoms with E-state index in [2.05, 4.69) is 53.2 Å². The van der Waals surface area contributed by atoms with E-state index in [-0.39, 0.29) is 6.04 Å². The average Bonchev–Trinajstić information content (AvgIpc) is 2.85. The van der Waals surface area contributed by atoms with E-state index < -0.39 is 0 Å². The van der Waals surface area contributed by atoms with Gasteiger partial charge in [0.25, 0.3) is 0 Å². The van der Waals surface area contributed by atoms with Gasteiger partial charge in [0, 0.05) is 37.7 Å². The van der Waals surface area contributed by atoms with Crippen molar-refractivity contribution in [2.45, 2.75) is 39.4 Å². The van der Waals surface area contributed by atoms with E-state index in [1.807, 2.05) is 18.3 Å². The van der Waals surface area contributed by atoms with Crippen LogP contribution in [0.5, 0.6) is 0 Å². The van der Waals surface area contributed by atoms with E-state index in [0.717, 1.165) is 18.8 Å². The van der Waals surface area contributed by atoms with E-state index in [1.165, 1.54) is 12.0 Å². The molecule has 18 heavy (non-hydrogen) atoms. The van der Waals surface area contributed by atoms with Crippen LogP contribution in [0.15, 0.2) is 42.9 Å². The Hall–Kier alpha value is -1.61. The number of aryl methyl sites for hydroxylation is 1. The summed E-state index contributed by atoms with van der Waals surface area (Å²) < 4.78 is 2.24. The molecule has 0 aliphatic rings. The van der Waals surface area contributed by atoms with Crippen LogP contribution in [-0.4, -0.2) is 9.55 Å². The van der Waals surface area contributed by atoms with Gasteiger partial charge in [-0.3, -0.25) is 4.98 Å². The highest BCUT2D eigenvalue weighted by Crippen LogP contribution is 2.10. The minimum Gasteiger partial charge on any atom is -0.354 e. The molecule has 0 bridgehead atoms. The lowest BCUT2D eigenvalue weighted by molar-refractivity contribution is 0.560. The molecule has 0 unspecified atom stereocenters. The minimum atomic E-state index is 0.278. The van der Waals surface area contributed by atoms with Crippen LogP contribution in [0.4, 0.5) is 0 Å². The number of aromatic nitrogens is 2. The summed E-state index contributed by atoms with van der Waals surface area (Å²) in [6.45, 7) is 6.32. The van der Waals surface area contributed by atoms with E-state index in [9.17, 15) is 0 Å². The lowest BCUT2D eigenvalue weighted by atomic mass is 10.2. The Morgan fingerprint density at radius 2 is 2.22 bits per heavy atom. The Morgan fingerprint density at radius 3 is 2.94 bits per heavy atom. The summed E-state index contributed by atoms with van der Waals surface area (Å²) in [5, 5.41) is 3.49. The van der Waals surface area contributed by atoms with Gasteiger partial charge < -0.3 is 9.88 Å². The smallest absolute Gasteiger partial charge is 0.0570 e. The standard InChI is InChI=1S/C15H21N3/c1-3-9-18-10-7-14(12-18)11-17-13(2)15-6-4-5-8-16-15/h4-8,10,12-13,17H,3,9,11H2,1-2H3/t13-/m0/s1. The molecule has 1 atom stereocenters. The van der Waals surface area contributed by atoms with Crippen molar-refractivity contribution < 1.29 is 0 Å². The van der Waals surface area contributed by atoms with Crippen LogP contribution < -0.4 is 5.32 Å². The molecule has 0 fully saturated rings. The predicted octanol–water partition coefficient (Wildman–Crippen LogP) is 3.14. The van der Waals surface area contributed by atoms with Crippen LogP contribution in [0.3, 0.4) is 0 Å². The second-order valence-electron chi connectivity index (χ2n) is 4.61. The molecule has 2 heterocycles. The zero-order valence-electron chi connectivity index (χ0n) is 11.1. The minimum absolute atomic E-state index is 0.278. The molecule has 0 aromatic carbocycles.